The van der Waals surface area contributed by atoms with Gasteiger partial charge < -0.3 is 15.2 Å². The van der Waals surface area contributed by atoms with E-state index in [4.69, 9.17) is 0 Å². The summed E-state index contributed by atoms with van der Waals surface area (Å²) in [6.07, 6.45) is 0. The van der Waals surface area contributed by atoms with Crippen molar-refractivity contribution in [2.24, 2.45) is 0 Å². The van der Waals surface area contributed by atoms with Crippen molar-refractivity contribution in [2.45, 2.75) is 6.92 Å². The molecule has 1 fully saturated rings. The lowest BCUT2D eigenvalue weighted by atomic mass is 10.1. The Labute approximate surface area is 106 Å². The van der Waals surface area contributed by atoms with Crippen molar-refractivity contribution in [2.75, 3.05) is 31.1 Å². The van der Waals surface area contributed by atoms with Crippen LogP contribution in [0.15, 0.2) is 29.1 Å². The number of aryl methyl sites for hydroxylation is 1. The molecule has 4 heteroatoms. The predicted octanol–water partition coefficient (Wildman–Crippen LogP) is 1.25. The summed E-state index contributed by atoms with van der Waals surface area (Å²) in [7, 11) is 0. The van der Waals surface area contributed by atoms with E-state index < -0.39 is 0 Å². The first-order valence-electron chi connectivity index (χ1n) is 6.33. The molecule has 3 rings (SSSR count). The lowest BCUT2D eigenvalue weighted by Gasteiger charge is -2.30. The van der Waals surface area contributed by atoms with E-state index >= 15 is 0 Å². The molecule has 1 aromatic carbocycles. The van der Waals surface area contributed by atoms with E-state index in [-0.39, 0.29) is 5.56 Å². The van der Waals surface area contributed by atoms with Crippen molar-refractivity contribution < 1.29 is 0 Å². The number of aromatic nitrogens is 1. The van der Waals surface area contributed by atoms with E-state index in [2.05, 4.69) is 27.3 Å². The van der Waals surface area contributed by atoms with Gasteiger partial charge in [0.1, 0.15) is 0 Å². The highest BCUT2D eigenvalue weighted by molar-refractivity contribution is 5.85. The maximum Gasteiger partial charge on any atom is 0.248 e. The van der Waals surface area contributed by atoms with Crippen LogP contribution in [-0.4, -0.2) is 31.2 Å². The summed E-state index contributed by atoms with van der Waals surface area (Å²) in [6, 6.07) is 7.80. The van der Waals surface area contributed by atoms with Gasteiger partial charge in [-0.25, -0.2) is 0 Å². The topological polar surface area (TPSA) is 48.1 Å². The molecule has 18 heavy (non-hydrogen) atoms. The van der Waals surface area contributed by atoms with Crippen LogP contribution in [0.25, 0.3) is 10.9 Å². The summed E-state index contributed by atoms with van der Waals surface area (Å²) in [6.45, 7) is 6.18. The Morgan fingerprint density at radius 1 is 1.17 bits per heavy atom. The van der Waals surface area contributed by atoms with Crippen molar-refractivity contribution in [3.63, 3.8) is 0 Å². The average molecular weight is 243 g/mol. The van der Waals surface area contributed by atoms with Crippen molar-refractivity contribution >= 4 is 16.6 Å². The Bertz CT molecular complexity index is 626. The van der Waals surface area contributed by atoms with Gasteiger partial charge in [0.25, 0.3) is 0 Å². The molecule has 2 N–H and O–H groups in total. The molecule has 1 aliphatic rings. The Morgan fingerprint density at radius 3 is 2.72 bits per heavy atom. The van der Waals surface area contributed by atoms with Gasteiger partial charge in [-0.05, 0) is 30.7 Å². The largest absolute Gasteiger partial charge is 0.369 e. The van der Waals surface area contributed by atoms with Gasteiger partial charge in [-0.1, -0.05) is 0 Å². The van der Waals surface area contributed by atoms with Crippen molar-refractivity contribution in [1.82, 2.24) is 10.3 Å². The number of pyridine rings is 1. The second-order valence-electron chi connectivity index (χ2n) is 4.79. The third-order valence-corrected chi connectivity index (χ3v) is 3.50. The van der Waals surface area contributed by atoms with Gasteiger partial charge in [0, 0.05) is 43.3 Å². The third-order valence-electron chi connectivity index (χ3n) is 3.50. The molecule has 0 spiro atoms. The summed E-state index contributed by atoms with van der Waals surface area (Å²) < 4.78 is 0. The first-order chi connectivity index (χ1) is 8.74. The number of hydrogen-bond acceptors (Lipinski definition) is 3. The number of nitrogens with zero attached hydrogens (tertiary/aromatic N) is 1. The summed E-state index contributed by atoms with van der Waals surface area (Å²) in [5, 5.41) is 4.45. The van der Waals surface area contributed by atoms with E-state index in [1.54, 1.807) is 6.07 Å². The smallest absolute Gasteiger partial charge is 0.248 e. The summed E-state index contributed by atoms with van der Waals surface area (Å²) >= 11 is 0. The molecule has 4 nitrogen and oxygen atoms in total. The monoisotopic (exact) mass is 243 g/mol. The summed E-state index contributed by atoms with van der Waals surface area (Å²) in [5.74, 6) is 0. The first-order valence-corrected chi connectivity index (χ1v) is 6.33. The van der Waals surface area contributed by atoms with Gasteiger partial charge in [0.2, 0.25) is 5.56 Å². The molecule has 1 saturated heterocycles. The lowest BCUT2D eigenvalue weighted by molar-refractivity contribution is 0.589. The molecule has 2 heterocycles. The maximum absolute atomic E-state index is 11.3. The molecule has 0 unspecified atom stereocenters. The highest BCUT2D eigenvalue weighted by Crippen LogP contribution is 2.24. The molecule has 0 atom stereocenters. The molecule has 0 bridgehead atoms. The van der Waals surface area contributed by atoms with Gasteiger partial charge in [-0.3, -0.25) is 4.79 Å². The molecule has 0 amide bonds. The van der Waals surface area contributed by atoms with E-state index in [0.717, 1.165) is 42.6 Å². The standard InChI is InChI=1S/C14H17N3O/c1-10-8-12(17-6-4-15-5-7-17)9-11-2-3-13(18)16-14(10)11/h2-3,8-9,15H,4-7H2,1H3,(H,16,18). The highest BCUT2D eigenvalue weighted by atomic mass is 16.1. The van der Waals surface area contributed by atoms with Crippen LogP contribution in [0.5, 0.6) is 0 Å². The number of anilines is 1. The molecular formula is C14H17N3O. The fourth-order valence-electron chi connectivity index (χ4n) is 2.53. The van der Waals surface area contributed by atoms with Crippen molar-refractivity contribution in [3.8, 4) is 0 Å². The summed E-state index contributed by atoms with van der Waals surface area (Å²) in [4.78, 5) is 16.6. The predicted molar refractivity (Wildman–Crippen MR) is 74.4 cm³/mol. The molecule has 0 saturated carbocycles. The first kappa shape index (κ1) is 11.3. The number of nitrogens with one attached hydrogen (secondary N) is 2. The number of piperazine rings is 1. The minimum Gasteiger partial charge on any atom is -0.369 e. The lowest BCUT2D eigenvalue weighted by Crippen LogP contribution is -2.43. The van der Waals surface area contributed by atoms with Gasteiger partial charge in [0.05, 0.1) is 5.52 Å². The van der Waals surface area contributed by atoms with Crippen LogP contribution in [0.1, 0.15) is 5.56 Å². The zero-order valence-electron chi connectivity index (χ0n) is 10.5. The zero-order valence-corrected chi connectivity index (χ0v) is 10.5. The zero-order chi connectivity index (χ0) is 12.5. The molecule has 94 valence electrons. The van der Waals surface area contributed by atoms with Gasteiger partial charge >= 0.3 is 0 Å². The SMILES string of the molecule is Cc1cc(N2CCNCC2)cc2ccc(=O)[nH]c12. The van der Waals surface area contributed by atoms with Crippen LogP contribution in [0, 0.1) is 6.92 Å². The Morgan fingerprint density at radius 2 is 1.94 bits per heavy atom. The van der Waals surface area contributed by atoms with Crippen LogP contribution < -0.4 is 15.8 Å². The quantitative estimate of drug-likeness (QED) is 0.792. The Balaban J connectivity index is 2.09. The van der Waals surface area contributed by atoms with Gasteiger partial charge in [0.15, 0.2) is 0 Å². The average Bonchev–Trinajstić information content (AvgIpc) is 2.40. The number of hydrogen-bond donors (Lipinski definition) is 2. The number of aromatic amines is 1. The second-order valence-corrected chi connectivity index (χ2v) is 4.79. The molecule has 0 aliphatic carbocycles. The van der Waals surface area contributed by atoms with Crippen LogP contribution in [0.2, 0.25) is 0 Å². The number of benzene rings is 1. The molecule has 1 aromatic heterocycles. The van der Waals surface area contributed by atoms with Crippen molar-refractivity contribution in [1.29, 1.82) is 0 Å². The molecule has 2 aromatic rings. The van der Waals surface area contributed by atoms with Gasteiger partial charge in [-0.15, -0.1) is 0 Å². The van der Waals surface area contributed by atoms with E-state index in [9.17, 15) is 4.79 Å². The fraction of sp³-hybridized carbons (Fsp3) is 0.357. The summed E-state index contributed by atoms with van der Waals surface area (Å²) in [5.41, 5.74) is 3.27. The molecule has 0 radical (unpaired) electrons. The minimum atomic E-state index is -0.0412. The van der Waals surface area contributed by atoms with Crippen molar-refractivity contribution in [3.05, 3.63) is 40.2 Å². The number of H-pyrrole nitrogens is 1. The number of fused-ring (bicyclic) bond motifs is 1. The third kappa shape index (κ3) is 1.99. The van der Waals surface area contributed by atoms with Gasteiger partial charge in [-0.2, -0.15) is 0 Å². The minimum absolute atomic E-state index is 0.0412. The molecular weight excluding hydrogens is 226 g/mol. The highest BCUT2D eigenvalue weighted by Gasteiger charge is 2.12. The van der Waals surface area contributed by atoms with Crippen LogP contribution in [0.4, 0.5) is 5.69 Å². The maximum atomic E-state index is 11.3. The second kappa shape index (κ2) is 4.46. The Kier molecular flexibility index (Phi) is 2.80. The van der Waals surface area contributed by atoms with E-state index in [1.165, 1.54) is 5.69 Å². The van der Waals surface area contributed by atoms with E-state index in [1.807, 2.05) is 13.0 Å². The molecule has 1 aliphatic heterocycles. The normalized spacial score (nSPS) is 16.2. The van der Waals surface area contributed by atoms with E-state index in [0.29, 0.717) is 0 Å². The Hall–Kier alpha value is -1.81. The van der Waals surface area contributed by atoms with Crippen LogP contribution >= 0.6 is 0 Å². The van der Waals surface area contributed by atoms with Crippen LogP contribution in [0.3, 0.4) is 0 Å². The number of rotatable bonds is 1. The van der Waals surface area contributed by atoms with Crippen LogP contribution in [-0.2, 0) is 0 Å². The fourth-order valence-corrected chi connectivity index (χ4v) is 2.53.